The molecule has 1 amide bonds. The summed E-state index contributed by atoms with van der Waals surface area (Å²) in [5.74, 6) is 1.26. The van der Waals surface area contributed by atoms with Crippen molar-refractivity contribution in [2.75, 3.05) is 13.1 Å². The zero-order chi connectivity index (χ0) is 22.6. The Labute approximate surface area is 199 Å². The van der Waals surface area contributed by atoms with Crippen LogP contribution in [0.15, 0.2) is 67.4 Å². The predicted molar refractivity (Wildman–Crippen MR) is 127 cm³/mol. The first-order valence-corrected chi connectivity index (χ1v) is 12.5. The van der Waals surface area contributed by atoms with Crippen molar-refractivity contribution in [2.24, 2.45) is 5.10 Å². The number of thiophene rings is 2. The maximum Gasteiger partial charge on any atom is 0.283 e. The molecule has 0 saturated heterocycles. The van der Waals surface area contributed by atoms with Crippen molar-refractivity contribution in [1.29, 1.82) is 0 Å². The third-order valence-corrected chi connectivity index (χ3v) is 7.19. The summed E-state index contributed by atoms with van der Waals surface area (Å²) in [4.78, 5) is 17.7. The van der Waals surface area contributed by atoms with Crippen LogP contribution < -0.4 is 0 Å². The van der Waals surface area contributed by atoms with E-state index < -0.39 is 0 Å². The summed E-state index contributed by atoms with van der Waals surface area (Å²) >= 11 is 3.30. The summed E-state index contributed by atoms with van der Waals surface area (Å²) in [6, 6.07) is 11.6. The quantitative estimate of drug-likeness (QED) is 0.333. The van der Waals surface area contributed by atoms with Gasteiger partial charge in [0.2, 0.25) is 5.89 Å². The molecule has 0 radical (unpaired) electrons. The summed E-state index contributed by atoms with van der Waals surface area (Å²) in [6.07, 6.45) is 3.17. The lowest BCUT2D eigenvalue weighted by molar-refractivity contribution is -0.134. The van der Waals surface area contributed by atoms with Gasteiger partial charge in [0.1, 0.15) is 0 Å². The van der Waals surface area contributed by atoms with Gasteiger partial charge in [0.25, 0.3) is 11.8 Å². The summed E-state index contributed by atoms with van der Waals surface area (Å²) in [5, 5.41) is 18.7. The molecule has 10 heteroatoms. The molecule has 1 aliphatic heterocycles. The number of rotatable bonds is 9. The molecule has 4 aromatic rings. The largest absolute Gasteiger partial charge is 0.459 e. The number of aromatic nitrogens is 2. The summed E-state index contributed by atoms with van der Waals surface area (Å²) in [6.45, 7) is 3.40. The van der Waals surface area contributed by atoms with E-state index in [0.29, 0.717) is 24.1 Å². The second-order valence-corrected chi connectivity index (χ2v) is 9.61. The Bertz CT molecular complexity index is 1200. The third kappa shape index (κ3) is 4.82. The first kappa shape index (κ1) is 21.7. The average molecular weight is 482 g/mol. The zero-order valence-corrected chi connectivity index (χ0v) is 19.7. The van der Waals surface area contributed by atoms with Crippen LogP contribution in [0.5, 0.6) is 0 Å². The molecule has 0 N–H and O–H groups in total. The average Bonchev–Trinajstić information content (AvgIpc) is 3.61. The third-order valence-electron chi connectivity index (χ3n) is 5.30. The molecule has 5 rings (SSSR count). The zero-order valence-electron chi connectivity index (χ0n) is 18.1. The van der Waals surface area contributed by atoms with Crippen LogP contribution in [0.2, 0.25) is 0 Å². The monoisotopic (exact) mass is 481 g/mol. The number of carbonyl (C=O) groups is 1. The summed E-state index contributed by atoms with van der Waals surface area (Å²) < 4.78 is 11.1. The van der Waals surface area contributed by atoms with Gasteiger partial charge in [-0.2, -0.15) is 5.10 Å². The molecular formula is C23H23N5O3S2. The van der Waals surface area contributed by atoms with Crippen molar-refractivity contribution in [3.05, 3.63) is 69.1 Å². The second kappa shape index (κ2) is 9.82. The minimum Gasteiger partial charge on any atom is -0.459 e. The van der Waals surface area contributed by atoms with Crippen LogP contribution in [0.3, 0.4) is 0 Å². The fourth-order valence-corrected chi connectivity index (χ4v) is 5.37. The predicted octanol–water partition coefficient (Wildman–Crippen LogP) is 5.04. The number of hydrogen-bond donors (Lipinski definition) is 0. The standard InChI is InChI=1S/C23H23N5O3S2/c1-2-9-27(14-21-24-25-23(31-21)18-6-3-10-30-18)15-22(29)28-17(20-8-5-12-33-20)13-16(26-28)19-7-4-11-32-19/h3-8,10-12,17H,2,9,13-15H2,1H3/t17-/m0/s1. The fraction of sp³-hybridized carbons (Fsp3) is 0.304. The molecule has 170 valence electrons. The van der Waals surface area contributed by atoms with E-state index in [-0.39, 0.29) is 18.5 Å². The molecule has 0 spiro atoms. The van der Waals surface area contributed by atoms with E-state index in [0.717, 1.165) is 34.9 Å². The van der Waals surface area contributed by atoms with Gasteiger partial charge in [-0.15, -0.1) is 32.9 Å². The van der Waals surface area contributed by atoms with Crippen LogP contribution in [0.1, 0.15) is 41.5 Å². The van der Waals surface area contributed by atoms with E-state index >= 15 is 0 Å². The number of amides is 1. The van der Waals surface area contributed by atoms with Gasteiger partial charge in [-0.05, 0) is 48.0 Å². The molecule has 0 aliphatic carbocycles. The van der Waals surface area contributed by atoms with Gasteiger partial charge in [-0.25, -0.2) is 5.01 Å². The normalized spacial score (nSPS) is 16.0. The van der Waals surface area contributed by atoms with E-state index in [1.54, 1.807) is 46.1 Å². The highest BCUT2D eigenvalue weighted by molar-refractivity contribution is 7.12. The second-order valence-electron chi connectivity index (χ2n) is 7.69. The fourth-order valence-electron chi connectivity index (χ4n) is 3.84. The number of nitrogens with zero attached hydrogens (tertiary/aromatic N) is 5. The Kier molecular flexibility index (Phi) is 6.47. The minimum absolute atomic E-state index is 0.0424. The van der Waals surface area contributed by atoms with Crippen LogP contribution in [0.4, 0.5) is 0 Å². The van der Waals surface area contributed by atoms with E-state index in [2.05, 4.69) is 29.3 Å². The number of carbonyl (C=O) groups excluding carboxylic acids is 1. The highest BCUT2D eigenvalue weighted by Gasteiger charge is 2.34. The molecular weight excluding hydrogens is 458 g/mol. The lowest BCUT2D eigenvalue weighted by Gasteiger charge is -2.25. The molecule has 1 atom stereocenters. The Morgan fingerprint density at radius 1 is 1.18 bits per heavy atom. The van der Waals surface area contributed by atoms with E-state index in [1.807, 2.05) is 27.8 Å². The number of hydrazone groups is 1. The van der Waals surface area contributed by atoms with E-state index in [9.17, 15) is 4.79 Å². The Morgan fingerprint density at radius 3 is 2.79 bits per heavy atom. The topological polar surface area (TPSA) is 88.0 Å². The highest BCUT2D eigenvalue weighted by Crippen LogP contribution is 2.36. The van der Waals surface area contributed by atoms with Crippen molar-refractivity contribution < 1.29 is 13.6 Å². The van der Waals surface area contributed by atoms with Gasteiger partial charge < -0.3 is 8.83 Å². The molecule has 33 heavy (non-hydrogen) atoms. The number of hydrogen-bond acceptors (Lipinski definition) is 9. The molecule has 1 aliphatic rings. The minimum atomic E-state index is -0.0768. The maximum absolute atomic E-state index is 13.4. The molecule has 0 unspecified atom stereocenters. The van der Waals surface area contributed by atoms with Crippen LogP contribution >= 0.6 is 22.7 Å². The van der Waals surface area contributed by atoms with Crippen LogP contribution in [0.25, 0.3) is 11.7 Å². The van der Waals surface area contributed by atoms with Crippen LogP contribution in [-0.2, 0) is 11.3 Å². The molecule has 8 nitrogen and oxygen atoms in total. The van der Waals surface area contributed by atoms with Gasteiger partial charge in [0.05, 0.1) is 36.0 Å². The Morgan fingerprint density at radius 2 is 2.06 bits per heavy atom. The Balaban J connectivity index is 1.32. The highest BCUT2D eigenvalue weighted by atomic mass is 32.1. The van der Waals surface area contributed by atoms with Gasteiger partial charge in [0.15, 0.2) is 5.76 Å². The van der Waals surface area contributed by atoms with Gasteiger partial charge in [0, 0.05) is 11.3 Å². The smallest absolute Gasteiger partial charge is 0.283 e. The van der Waals surface area contributed by atoms with Gasteiger partial charge >= 0.3 is 0 Å². The molecule has 0 aromatic carbocycles. The van der Waals surface area contributed by atoms with Crippen molar-refractivity contribution >= 4 is 34.3 Å². The van der Waals surface area contributed by atoms with E-state index in [1.165, 1.54) is 0 Å². The van der Waals surface area contributed by atoms with E-state index in [4.69, 9.17) is 13.9 Å². The van der Waals surface area contributed by atoms with Crippen molar-refractivity contribution in [1.82, 2.24) is 20.1 Å². The van der Waals surface area contributed by atoms with Crippen LogP contribution in [-0.4, -0.2) is 44.8 Å². The van der Waals surface area contributed by atoms with Gasteiger partial charge in [-0.1, -0.05) is 19.1 Å². The Hall–Kier alpha value is -3.08. The van der Waals surface area contributed by atoms with Crippen molar-refractivity contribution in [2.45, 2.75) is 32.4 Å². The van der Waals surface area contributed by atoms with Crippen molar-refractivity contribution in [3.63, 3.8) is 0 Å². The summed E-state index contributed by atoms with van der Waals surface area (Å²) in [7, 11) is 0. The molecule has 0 saturated carbocycles. The lowest BCUT2D eigenvalue weighted by Crippen LogP contribution is -2.38. The SMILES string of the molecule is CCCN(CC(=O)N1N=C(c2cccs2)C[C@H]1c1cccs1)Cc1nnc(-c2ccco2)o1. The van der Waals surface area contributed by atoms with Gasteiger partial charge in [-0.3, -0.25) is 9.69 Å². The first-order chi connectivity index (χ1) is 16.2. The molecule has 5 heterocycles. The molecule has 0 bridgehead atoms. The maximum atomic E-state index is 13.4. The number of furan rings is 1. The van der Waals surface area contributed by atoms with Crippen molar-refractivity contribution in [3.8, 4) is 11.7 Å². The summed E-state index contributed by atoms with van der Waals surface area (Å²) in [5.41, 5.74) is 0.957. The van der Waals surface area contributed by atoms with Crippen LogP contribution in [0, 0.1) is 0 Å². The molecule has 0 fully saturated rings. The molecule has 4 aromatic heterocycles. The lowest BCUT2D eigenvalue weighted by atomic mass is 10.1. The first-order valence-electron chi connectivity index (χ1n) is 10.8.